The Labute approximate surface area is 70.5 Å². The third kappa shape index (κ3) is 3.70. The highest BCUT2D eigenvalue weighted by Crippen LogP contribution is 2.08. The van der Waals surface area contributed by atoms with E-state index in [1.54, 1.807) is 6.92 Å². The molecular formula is C5H6Br2O2. The Hall–Kier alpha value is 0.170. The average molecular weight is 258 g/mol. The lowest BCUT2D eigenvalue weighted by Crippen LogP contribution is -2.02. The normalized spacial score (nSPS) is 11.2. The van der Waals surface area contributed by atoms with Crippen LogP contribution in [0.3, 0.4) is 0 Å². The summed E-state index contributed by atoms with van der Waals surface area (Å²) in [6.07, 6.45) is 0. The van der Waals surface area contributed by atoms with Gasteiger partial charge in [0.15, 0.2) is 0 Å². The van der Waals surface area contributed by atoms with Crippen molar-refractivity contribution in [2.24, 2.45) is 0 Å². The van der Waals surface area contributed by atoms with Crippen molar-refractivity contribution < 1.29 is 9.53 Å². The zero-order valence-corrected chi connectivity index (χ0v) is 8.03. The Morgan fingerprint density at radius 2 is 2.33 bits per heavy atom. The van der Waals surface area contributed by atoms with Crippen molar-refractivity contribution >= 4 is 37.8 Å². The van der Waals surface area contributed by atoms with Gasteiger partial charge in [0.25, 0.3) is 0 Å². The fourth-order valence-electron chi connectivity index (χ4n) is 0.245. The second kappa shape index (κ2) is 4.99. The Balaban J connectivity index is 3.74. The molecule has 0 fully saturated rings. The third-order valence-electron chi connectivity index (χ3n) is 0.566. The number of hydrogen-bond donors (Lipinski definition) is 0. The molecule has 52 valence electrons. The van der Waals surface area contributed by atoms with Crippen LogP contribution in [0.5, 0.6) is 0 Å². The maximum absolute atomic E-state index is 10.6. The van der Waals surface area contributed by atoms with Gasteiger partial charge in [-0.3, -0.25) is 0 Å². The highest BCUT2D eigenvalue weighted by atomic mass is 79.9. The third-order valence-corrected chi connectivity index (χ3v) is 2.19. The van der Waals surface area contributed by atoms with Gasteiger partial charge in [-0.1, -0.05) is 15.9 Å². The first-order chi connectivity index (χ1) is 4.22. The van der Waals surface area contributed by atoms with E-state index in [4.69, 9.17) is 0 Å². The van der Waals surface area contributed by atoms with E-state index in [-0.39, 0.29) is 5.97 Å². The molecule has 0 radical (unpaired) electrons. The van der Waals surface area contributed by atoms with E-state index < -0.39 is 0 Å². The zero-order valence-electron chi connectivity index (χ0n) is 4.86. The molecule has 0 aromatic rings. The minimum atomic E-state index is -0.352. The number of halogens is 2. The number of ether oxygens (including phenoxy) is 1. The fourth-order valence-corrected chi connectivity index (χ4v) is 0.546. The van der Waals surface area contributed by atoms with E-state index in [0.29, 0.717) is 11.1 Å². The zero-order chi connectivity index (χ0) is 7.28. The molecule has 0 aliphatic carbocycles. The van der Waals surface area contributed by atoms with Crippen LogP contribution in [0.15, 0.2) is 9.47 Å². The van der Waals surface area contributed by atoms with Crippen molar-refractivity contribution in [2.45, 2.75) is 6.92 Å². The molecule has 0 atom stereocenters. The van der Waals surface area contributed by atoms with E-state index in [0.717, 1.165) is 0 Å². The number of carbonyl (C=O) groups excluding carboxylic acids is 1. The van der Waals surface area contributed by atoms with Gasteiger partial charge in [-0.05, 0) is 22.9 Å². The molecule has 0 rings (SSSR count). The van der Waals surface area contributed by atoms with Crippen molar-refractivity contribution in [1.82, 2.24) is 0 Å². The number of hydrogen-bond acceptors (Lipinski definition) is 2. The van der Waals surface area contributed by atoms with Gasteiger partial charge in [-0.2, -0.15) is 0 Å². The summed E-state index contributed by atoms with van der Waals surface area (Å²) < 4.78 is 5.00. The molecule has 0 saturated heterocycles. The van der Waals surface area contributed by atoms with Gasteiger partial charge in [0.2, 0.25) is 0 Å². The largest absolute Gasteiger partial charge is 0.462 e. The Kier molecular flexibility index (Phi) is 5.09. The summed E-state index contributed by atoms with van der Waals surface area (Å²) in [6, 6.07) is 0. The van der Waals surface area contributed by atoms with Crippen LogP contribution < -0.4 is 0 Å². The van der Waals surface area contributed by atoms with Crippen molar-refractivity contribution in [2.75, 3.05) is 6.61 Å². The fraction of sp³-hybridized carbons (Fsp3) is 0.400. The molecule has 0 bridgehead atoms. The molecular weight excluding hydrogens is 252 g/mol. The number of carbonyl (C=O) groups is 1. The van der Waals surface area contributed by atoms with Crippen molar-refractivity contribution in [3.05, 3.63) is 9.47 Å². The predicted molar refractivity (Wildman–Crippen MR) is 42.6 cm³/mol. The van der Waals surface area contributed by atoms with Crippen LogP contribution in [0.2, 0.25) is 0 Å². The van der Waals surface area contributed by atoms with Gasteiger partial charge >= 0.3 is 5.97 Å². The molecule has 0 unspecified atom stereocenters. The summed E-state index contributed by atoms with van der Waals surface area (Å²) in [5, 5.41) is 0. The highest BCUT2D eigenvalue weighted by molar-refractivity contribution is 9.14. The smallest absolute Gasteiger partial charge is 0.345 e. The van der Waals surface area contributed by atoms with Gasteiger partial charge in [-0.15, -0.1) is 0 Å². The Bertz CT molecular complexity index is 131. The van der Waals surface area contributed by atoms with Crippen molar-refractivity contribution in [3.63, 3.8) is 0 Å². The lowest BCUT2D eigenvalue weighted by Gasteiger charge is -1.96. The molecule has 0 saturated carbocycles. The second-order valence-corrected chi connectivity index (χ2v) is 2.49. The molecule has 0 spiro atoms. The molecule has 9 heavy (non-hydrogen) atoms. The van der Waals surface area contributed by atoms with E-state index in [1.807, 2.05) is 0 Å². The standard InChI is InChI=1S/C5H6Br2O2/c1-2-9-5(8)4(7)3-6/h3H,2H2,1H3. The summed E-state index contributed by atoms with van der Waals surface area (Å²) >= 11 is 5.96. The molecule has 2 nitrogen and oxygen atoms in total. The molecule has 0 aromatic carbocycles. The predicted octanol–water partition coefficient (Wildman–Crippen LogP) is 2.18. The van der Waals surface area contributed by atoms with E-state index in [1.165, 1.54) is 4.99 Å². The lowest BCUT2D eigenvalue weighted by molar-refractivity contribution is -0.137. The second-order valence-electron chi connectivity index (χ2n) is 1.18. The SMILES string of the molecule is CCOC(=O)C(Br)=CBr. The molecule has 0 aromatic heterocycles. The Morgan fingerprint density at radius 3 is 2.67 bits per heavy atom. The molecule has 0 aliphatic heterocycles. The molecule has 0 aliphatic rings. The quantitative estimate of drug-likeness (QED) is 0.560. The van der Waals surface area contributed by atoms with Gasteiger partial charge in [-0.25, -0.2) is 4.79 Å². The molecule has 4 heteroatoms. The highest BCUT2D eigenvalue weighted by Gasteiger charge is 2.03. The maximum Gasteiger partial charge on any atom is 0.345 e. The van der Waals surface area contributed by atoms with Crippen LogP contribution in [0.25, 0.3) is 0 Å². The first-order valence-electron chi connectivity index (χ1n) is 2.35. The van der Waals surface area contributed by atoms with Gasteiger partial charge in [0.1, 0.15) is 4.48 Å². The number of rotatable bonds is 2. The number of esters is 1. The van der Waals surface area contributed by atoms with E-state index in [2.05, 4.69) is 36.6 Å². The van der Waals surface area contributed by atoms with E-state index >= 15 is 0 Å². The van der Waals surface area contributed by atoms with E-state index in [9.17, 15) is 4.79 Å². The summed E-state index contributed by atoms with van der Waals surface area (Å²) in [4.78, 5) is 12.1. The lowest BCUT2D eigenvalue weighted by atomic mass is 10.6. The topological polar surface area (TPSA) is 26.3 Å². The molecule has 0 heterocycles. The molecule has 0 amide bonds. The average Bonchev–Trinajstić information content (AvgIpc) is 1.87. The summed E-state index contributed by atoms with van der Waals surface area (Å²) in [5.74, 6) is -0.352. The van der Waals surface area contributed by atoms with Crippen LogP contribution in [0.4, 0.5) is 0 Å². The summed E-state index contributed by atoms with van der Waals surface area (Å²) in [7, 11) is 0. The minimum absolute atomic E-state index is 0.352. The van der Waals surface area contributed by atoms with Crippen LogP contribution in [-0.4, -0.2) is 12.6 Å². The van der Waals surface area contributed by atoms with Crippen molar-refractivity contribution in [3.8, 4) is 0 Å². The van der Waals surface area contributed by atoms with Crippen molar-refractivity contribution in [1.29, 1.82) is 0 Å². The summed E-state index contributed by atoms with van der Waals surface area (Å²) in [6.45, 7) is 2.15. The van der Waals surface area contributed by atoms with Gasteiger partial charge in [0, 0.05) is 4.99 Å². The minimum Gasteiger partial charge on any atom is -0.462 e. The first kappa shape index (κ1) is 9.17. The van der Waals surface area contributed by atoms with Crippen LogP contribution >= 0.6 is 31.9 Å². The van der Waals surface area contributed by atoms with Gasteiger partial charge < -0.3 is 4.74 Å². The summed E-state index contributed by atoms with van der Waals surface area (Å²) in [5.41, 5.74) is 0. The van der Waals surface area contributed by atoms with Crippen LogP contribution in [0, 0.1) is 0 Å². The maximum atomic E-state index is 10.6. The monoisotopic (exact) mass is 256 g/mol. The first-order valence-corrected chi connectivity index (χ1v) is 4.06. The Morgan fingerprint density at radius 1 is 1.78 bits per heavy atom. The van der Waals surface area contributed by atoms with Crippen LogP contribution in [-0.2, 0) is 9.53 Å². The van der Waals surface area contributed by atoms with Gasteiger partial charge in [0.05, 0.1) is 6.61 Å². The van der Waals surface area contributed by atoms with Crippen LogP contribution in [0.1, 0.15) is 6.92 Å². The molecule has 0 N–H and O–H groups in total.